The lowest BCUT2D eigenvalue weighted by molar-refractivity contribution is 0.678. The maximum absolute atomic E-state index is 4.21. The molecule has 0 amide bonds. The minimum absolute atomic E-state index is 0.426. The van der Waals surface area contributed by atoms with Gasteiger partial charge in [0.15, 0.2) is 0 Å². The summed E-state index contributed by atoms with van der Waals surface area (Å²) in [7, 11) is 1.95. The largest absolute Gasteiger partial charge is 0.375 e. The Labute approximate surface area is 108 Å². The summed E-state index contributed by atoms with van der Waals surface area (Å²) in [6.07, 6.45) is 6.57. The molecule has 0 bridgehead atoms. The van der Waals surface area contributed by atoms with Crippen molar-refractivity contribution in [2.75, 3.05) is 5.32 Å². The molecule has 1 aliphatic carbocycles. The van der Waals surface area contributed by atoms with E-state index in [-0.39, 0.29) is 0 Å². The summed E-state index contributed by atoms with van der Waals surface area (Å²) in [5.74, 6) is 0.771. The van der Waals surface area contributed by atoms with Crippen LogP contribution in [0.4, 0.5) is 5.69 Å². The highest BCUT2D eigenvalue weighted by atomic mass is 15.3. The molecule has 0 radical (unpaired) electrons. The van der Waals surface area contributed by atoms with Gasteiger partial charge >= 0.3 is 0 Å². The van der Waals surface area contributed by atoms with E-state index in [9.17, 15) is 0 Å². The molecule has 2 aromatic rings. The molecule has 18 heavy (non-hydrogen) atoms. The lowest BCUT2D eigenvalue weighted by Crippen LogP contribution is -2.12. The fourth-order valence-corrected chi connectivity index (χ4v) is 2.35. The highest BCUT2D eigenvalue weighted by molar-refractivity contribution is 5.43. The third kappa shape index (κ3) is 2.40. The van der Waals surface area contributed by atoms with E-state index in [2.05, 4.69) is 41.6 Å². The van der Waals surface area contributed by atoms with Crippen LogP contribution in [0.1, 0.15) is 30.0 Å². The van der Waals surface area contributed by atoms with E-state index in [4.69, 9.17) is 0 Å². The molecule has 3 nitrogen and oxygen atoms in total. The normalized spacial score (nSPS) is 16.6. The van der Waals surface area contributed by atoms with Gasteiger partial charge in [-0.1, -0.05) is 29.8 Å². The van der Waals surface area contributed by atoms with Gasteiger partial charge in [-0.25, -0.2) is 0 Å². The predicted octanol–water partition coefficient (Wildman–Crippen LogP) is 3.29. The zero-order chi connectivity index (χ0) is 12.5. The number of aryl methyl sites for hydroxylation is 2. The third-order valence-corrected chi connectivity index (χ3v) is 3.56. The Bertz CT molecular complexity index is 523. The van der Waals surface area contributed by atoms with Gasteiger partial charge in [0.05, 0.1) is 17.9 Å². The van der Waals surface area contributed by atoms with Gasteiger partial charge in [0.25, 0.3) is 0 Å². The number of rotatable bonds is 4. The molecule has 1 aromatic heterocycles. The number of nitrogens with one attached hydrogen (secondary N) is 1. The van der Waals surface area contributed by atoms with Crippen molar-refractivity contribution in [3.05, 3.63) is 47.8 Å². The summed E-state index contributed by atoms with van der Waals surface area (Å²) in [5, 5.41) is 7.83. The van der Waals surface area contributed by atoms with Crippen molar-refractivity contribution < 1.29 is 0 Å². The molecule has 0 saturated heterocycles. The predicted molar refractivity (Wildman–Crippen MR) is 73.5 cm³/mol. The lowest BCUT2D eigenvalue weighted by Gasteiger charge is -2.19. The molecule has 1 saturated carbocycles. The molecule has 1 unspecified atom stereocenters. The maximum atomic E-state index is 4.21. The van der Waals surface area contributed by atoms with Crippen molar-refractivity contribution >= 4 is 5.69 Å². The van der Waals surface area contributed by atoms with Crippen LogP contribution in [0.25, 0.3) is 0 Å². The molecular formula is C15H19N3. The quantitative estimate of drug-likeness (QED) is 0.890. The zero-order valence-electron chi connectivity index (χ0n) is 10.9. The summed E-state index contributed by atoms with van der Waals surface area (Å²) >= 11 is 0. The molecule has 0 aliphatic heterocycles. The van der Waals surface area contributed by atoms with Crippen LogP contribution in [-0.4, -0.2) is 9.78 Å². The first-order chi connectivity index (χ1) is 8.72. The molecule has 1 fully saturated rings. The van der Waals surface area contributed by atoms with Crippen LogP contribution >= 0.6 is 0 Å². The lowest BCUT2D eigenvalue weighted by atomic mass is 10.0. The van der Waals surface area contributed by atoms with Crippen LogP contribution in [-0.2, 0) is 7.05 Å². The van der Waals surface area contributed by atoms with Gasteiger partial charge in [0.1, 0.15) is 0 Å². The van der Waals surface area contributed by atoms with Crippen LogP contribution in [0.3, 0.4) is 0 Å². The first-order valence-corrected chi connectivity index (χ1v) is 6.54. The fourth-order valence-electron chi connectivity index (χ4n) is 2.35. The second-order valence-corrected chi connectivity index (χ2v) is 5.27. The summed E-state index contributed by atoms with van der Waals surface area (Å²) in [4.78, 5) is 0. The van der Waals surface area contributed by atoms with E-state index in [1.165, 1.54) is 24.0 Å². The minimum Gasteiger partial charge on any atom is -0.375 e. The SMILES string of the molecule is Cc1ccc(C(Nc2cnn(C)c2)C2CC2)cc1. The van der Waals surface area contributed by atoms with Crippen LogP contribution in [0, 0.1) is 12.8 Å². The average molecular weight is 241 g/mol. The van der Waals surface area contributed by atoms with E-state index in [1.54, 1.807) is 0 Å². The summed E-state index contributed by atoms with van der Waals surface area (Å²) in [6, 6.07) is 9.28. The Kier molecular flexibility index (Phi) is 2.82. The zero-order valence-corrected chi connectivity index (χ0v) is 10.9. The molecule has 1 aromatic carbocycles. The number of nitrogens with zero attached hydrogens (tertiary/aromatic N) is 2. The molecule has 1 heterocycles. The van der Waals surface area contributed by atoms with Crippen LogP contribution < -0.4 is 5.32 Å². The topological polar surface area (TPSA) is 29.9 Å². The van der Waals surface area contributed by atoms with E-state index in [1.807, 2.05) is 24.1 Å². The first kappa shape index (κ1) is 11.3. The Balaban J connectivity index is 1.82. The van der Waals surface area contributed by atoms with Gasteiger partial charge < -0.3 is 5.32 Å². The average Bonchev–Trinajstić information content (AvgIpc) is 3.12. The molecule has 1 N–H and O–H groups in total. The molecule has 94 valence electrons. The van der Waals surface area contributed by atoms with Crippen molar-refractivity contribution in [3.63, 3.8) is 0 Å². The number of benzene rings is 1. The molecule has 0 spiro atoms. The van der Waals surface area contributed by atoms with Crippen molar-refractivity contribution in [1.29, 1.82) is 0 Å². The first-order valence-electron chi connectivity index (χ1n) is 6.54. The smallest absolute Gasteiger partial charge is 0.0731 e. The second kappa shape index (κ2) is 4.48. The standard InChI is InChI=1S/C15H19N3/c1-11-3-5-12(6-4-11)15(13-7-8-13)17-14-9-16-18(2)10-14/h3-6,9-10,13,15,17H,7-8H2,1-2H3. The number of aromatic nitrogens is 2. The third-order valence-electron chi connectivity index (χ3n) is 3.56. The maximum Gasteiger partial charge on any atom is 0.0731 e. The van der Waals surface area contributed by atoms with Crippen molar-refractivity contribution in [3.8, 4) is 0 Å². The highest BCUT2D eigenvalue weighted by Gasteiger charge is 2.32. The fraction of sp³-hybridized carbons (Fsp3) is 0.400. The van der Waals surface area contributed by atoms with Crippen LogP contribution in [0.2, 0.25) is 0 Å². The van der Waals surface area contributed by atoms with E-state index < -0.39 is 0 Å². The number of hydrogen-bond donors (Lipinski definition) is 1. The number of anilines is 1. The summed E-state index contributed by atoms with van der Waals surface area (Å²) in [6.45, 7) is 2.13. The van der Waals surface area contributed by atoms with E-state index >= 15 is 0 Å². The molecule has 3 rings (SSSR count). The highest BCUT2D eigenvalue weighted by Crippen LogP contribution is 2.42. The Hall–Kier alpha value is -1.77. The molecule has 1 atom stereocenters. The van der Waals surface area contributed by atoms with Crippen LogP contribution in [0.5, 0.6) is 0 Å². The van der Waals surface area contributed by atoms with Gasteiger partial charge in [0, 0.05) is 13.2 Å². The Morgan fingerprint density at radius 1 is 1.28 bits per heavy atom. The van der Waals surface area contributed by atoms with Gasteiger partial charge in [0.2, 0.25) is 0 Å². The van der Waals surface area contributed by atoms with Crippen LogP contribution in [0.15, 0.2) is 36.7 Å². The summed E-state index contributed by atoms with van der Waals surface area (Å²) < 4.78 is 1.83. The number of hydrogen-bond acceptors (Lipinski definition) is 2. The molecular weight excluding hydrogens is 222 g/mol. The van der Waals surface area contributed by atoms with Crippen molar-refractivity contribution in [1.82, 2.24) is 9.78 Å². The van der Waals surface area contributed by atoms with Crippen molar-refractivity contribution in [2.45, 2.75) is 25.8 Å². The van der Waals surface area contributed by atoms with Gasteiger partial charge in [-0.2, -0.15) is 5.10 Å². The Morgan fingerprint density at radius 2 is 2.00 bits per heavy atom. The summed E-state index contributed by atoms with van der Waals surface area (Å²) in [5.41, 5.74) is 3.80. The Morgan fingerprint density at radius 3 is 2.56 bits per heavy atom. The minimum atomic E-state index is 0.426. The van der Waals surface area contributed by atoms with Crippen molar-refractivity contribution in [2.24, 2.45) is 13.0 Å². The van der Waals surface area contributed by atoms with E-state index in [0.29, 0.717) is 6.04 Å². The molecule has 3 heteroatoms. The van der Waals surface area contributed by atoms with E-state index in [0.717, 1.165) is 11.6 Å². The monoisotopic (exact) mass is 241 g/mol. The van der Waals surface area contributed by atoms with Gasteiger partial charge in [-0.15, -0.1) is 0 Å². The van der Waals surface area contributed by atoms with Gasteiger partial charge in [-0.3, -0.25) is 4.68 Å². The second-order valence-electron chi connectivity index (χ2n) is 5.27. The van der Waals surface area contributed by atoms with Gasteiger partial charge in [-0.05, 0) is 31.2 Å². The molecule has 1 aliphatic rings.